The first kappa shape index (κ1) is 12.1. The molecule has 0 aliphatic carbocycles. The molecule has 0 atom stereocenters. The maximum atomic E-state index is 8.88. The molecule has 0 saturated heterocycles. The molecule has 6 heteroatoms. The summed E-state index contributed by atoms with van der Waals surface area (Å²) in [5.74, 6) is 1.25. The number of nitriles is 1. The molecule has 6 nitrogen and oxygen atoms in total. The lowest BCUT2D eigenvalue weighted by atomic mass is 10.2. The molecule has 0 unspecified atom stereocenters. The summed E-state index contributed by atoms with van der Waals surface area (Å²) in [6, 6.07) is 11.8. The highest BCUT2D eigenvalue weighted by Gasteiger charge is 2.09. The molecule has 1 aromatic carbocycles. The van der Waals surface area contributed by atoms with Gasteiger partial charge in [0.1, 0.15) is 11.9 Å². The van der Waals surface area contributed by atoms with Crippen molar-refractivity contribution in [2.24, 2.45) is 0 Å². The van der Waals surface area contributed by atoms with Gasteiger partial charge in [-0.2, -0.15) is 14.8 Å². The number of rotatable bonds is 2. The van der Waals surface area contributed by atoms with Gasteiger partial charge in [0.25, 0.3) is 11.6 Å². The van der Waals surface area contributed by atoms with Crippen molar-refractivity contribution in [1.82, 2.24) is 19.6 Å². The Labute approximate surface area is 115 Å². The predicted octanol–water partition coefficient (Wildman–Crippen LogP) is 2.36. The summed E-state index contributed by atoms with van der Waals surface area (Å²) < 4.78 is 1.53. The Hall–Kier alpha value is -2.94. The molecule has 0 saturated carbocycles. The minimum Gasteiger partial charge on any atom is -0.340 e. The van der Waals surface area contributed by atoms with E-state index in [4.69, 9.17) is 5.26 Å². The van der Waals surface area contributed by atoms with E-state index in [1.807, 2.05) is 50.2 Å². The van der Waals surface area contributed by atoms with Crippen molar-refractivity contribution in [3.05, 3.63) is 47.4 Å². The van der Waals surface area contributed by atoms with Crippen LogP contribution < -0.4 is 5.32 Å². The fraction of sp³-hybridized carbons (Fsp3) is 0.143. The largest absolute Gasteiger partial charge is 0.340 e. The summed E-state index contributed by atoms with van der Waals surface area (Å²) in [7, 11) is 0. The van der Waals surface area contributed by atoms with E-state index in [1.165, 1.54) is 10.1 Å². The normalized spacial score (nSPS) is 10.4. The molecule has 2 heterocycles. The highest BCUT2D eigenvalue weighted by molar-refractivity contribution is 5.59. The zero-order valence-corrected chi connectivity index (χ0v) is 11.1. The Morgan fingerprint density at radius 3 is 2.60 bits per heavy atom. The maximum Gasteiger partial charge on any atom is 0.255 e. The van der Waals surface area contributed by atoms with Crippen LogP contribution in [0.1, 0.15) is 17.1 Å². The Morgan fingerprint density at radius 2 is 1.90 bits per heavy atom. The van der Waals surface area contributed by atoms with Crippen LogP contribution in [0.2, 0.25) is 0 Å². The summed E-state index contributed by atoms with van der Waals surface area (Å²) in [4.78, 5) is 8.31. The summed E-state index contributed by atoms with van der Waals surface area (Å²) >= 11 is 0. The van der Waals surface area contributed by atoms with Gasteiger partial charge in [0.15, 0.2) is 0 Å². The van der Waals surface area contributed by atoms with Gasteiger partial charge in [0, 0.05) is 17.4 Å². The Morgan fingerprint density at radius 1 is 1.15 bits per heavy atom. The van der Waals surface area contributed by atoms with Gasteiger partial charge in [0.05, 0.1) is 0 Å². The lowest BCUT2D eigenvalue weighted by Gasteiger charge is -2.08. The third kappa shape index (κ3) is 2.17. The van der Waals surface area contributed by atoms with E-state index in [9.17, 15) is 0 Å². The van der Waals surface area contributed by atoms with Gasteiger partial charge in [0.2, 0.25) is 0 Å². The molecule has 0 spiro atoms. The van der Waals surface area contributed by atoms with Gasteiger partial charge < -0.3 is 5.32 Å². The number of benzene rings is 1. The number of hydrogen-bond acceptors (Lipinski definition) is 5. The van der Waals surface area contributed by atoms with Crippen LogP contribution in [0, 0.1) is 25.2 Å². The van der Waals surface area contributed by atoms with Gasteiger partial charge in [-0.3, -0.25) is 0 Å². The Bertz CT molecular complexity index is 810. The number of hydrogen-bond donors (Lipinski definition) is 1. The summed E-state index contributed by atoms with van der Waals surface area (Å²) in [6.07, 6.45) is 0. The van der Waals surface area contributed by atoms with E-state index in [0.29, 0.717) is 5.78 Å². The van der Waals surface area contributed by atoms with Crippen molar-refractivity contribution < 1.29 is 0 Å². The molecule has 2 aromatic heterocycles. The molecular formula is C14H12N6. The molecule has 1 N–H and O–H groups in total. The van der Waals surface area contributed by atoms with Crippen LogP contribution in [0.4, 0.5) is 11.5 Å². The molecule has 3 aromatic rings. The van der Waals surface area contributed by atoms with E-state index >= 15 is 0 Å². The van der Waals surface area contributed by atoms with Crippen molar-refractivity contribution >= 4 is 17.3 Å². The van der Waals surface area contributed by atoms with Gasteiger partial charge in [-0.05, 0) is 26.0 Å². The number of anilines is 2. The van der Waals surface area contributed by atoms with Gasteiger partial charge in [-0.15, -0.1) is 5.10 Å². The van der Waals surface area contributed by atoms with Crippen molar-refractivity contribution in [2.75, 3.05) is 5.32 Å². The van der Waals surface area contributed by atoms with Crippen molar-refractivity contribution in [2.45, 2.75) is 13.8 Å². The van der Waals surface area contributed by atoms with Gasteiger partial charge in [-0.25, -0.2) is 4.98 Å². The van der Waals surface area contributed by atoms with Crippen LogP contribution in [-0.4, -0.2) is 19.6 Å². The van der Waals surface area contributed by atoms with E-state index in [2.05, 4.69) is 20.4 Å². The highest BCUT2D eigenvalue weighted by atomic mass is 15.4. The fourth-order valence-corrected chi connectivity index (χ4v) is 1.91. The van der Waals surface area contributed by atoms with E-state index in [0.717, 1.165) is 17.2 Å². The van der Waals surface area contributed by atoms with Crippen molar-refractivity contribution in [1.29, 1.82) is 5.26 Å². The molecular weight excluding hydrogens is 252 g/mol. The Kier molecular flexibility index (Phi) is 2.80. The zero-order valence-electron chi connectivity index (χ0n) is 11.1. The quantitative estimate of drug-likeness (QED) is 0.768. The minimum atomic E-state index is 0.107. The molecule has 0 amide bonds. The SMILES string of the molecule is Cc1ccc(Nc2cc(C)nc3nc(C#N)nn23)cc1. The highest BCUT2D eigenvalue weighted by Crippen LogP contribution is 2.18. The average Bonchev–Trinajstić information content (AvgIpc) is 2.84. The molecule has 0 aliphatic rings. The van der Waals surface area contributed by atoms with Gasteiger partial charge >= 0.3 is 0 Å². The van der Waals surface area contributed by atoms with Crippen LogP contribution >= 0.6 is 0 Å². The first-order chi connectivity index (χ1) is 9.65. The first-order valence-corrected chi connectivity index (χ1v) is 6.14. The van der Waals surface area contributed by atoms with Crippen molar-refractivity contribution in [3.63, 3.8) is 0 Å². The molecule has 0 aliphatic heterocycles. The molecule has 0 bridgehead atoms. The summed E-state index contributed by atoms with van der Waals surface area (Å²) in [5, 5.41) is 16.3. The minimum absolute atomic E-state index is 0.107. The maximum absolute atomic E-state index is 8.88. The number of fused-ring (bicyclic) bond motifs is 1. The molecule has 98 valence electrons. The Balaban J connectivity index is 2.08. The van der Waals surface area contributed by atoms with E-state index < -0.39 is 0 Å². The topological polar surface area (TPSA) is 78.9 Å². The second-order valence-corrected chi connectivity index (χ2v) is 4.53. The number of aryl methyl sites for hydroxylation is 2. The summed E-state index contributed by atoms with van der Waals surface area (Å²) in [6.45, 7) is 3.91. The standard InChI is InChI=1S/C14H12N6/c1-9-3-5-11(6-4-9)17-13-7-10(2)16-14-18-12(8-15)19-20(13)14/h3-7,17H,1-2H3. The molecule has 20 heavy (non-hydrogen) atoms. The number of nitrogens with one attached hydrogen (secondary N) is 1. The van der Waals surface area contributed by atoms with Crippen LogP contribution in [0.3, 0.4) is 0 Å². The molecule has 0 fully saturated rings. The fourth-order valence-electron chi connectivity index (χ4n) is 1.91. The number of aromatic nitrogens is 4. The lowest BCUT2D eigenvalue weighted by molar-refractivity contribution is 0.929. The zero-order chi connectivity index (χ0) is 14.1. The monoisotopic (exact) mass is 264 g/mol. The molecule has 3 rings (SSSR count). The van der Waals surface area contributed by atoms with Crippen LogP contribution in [-0.2, 0) is 0 Å². The third-order valence-corrected chi connectivity index (χ3v) is 2.86. The average molecular weight is 264 g/mol. The van der Waals surface area contributed by atoms with Gasteiger partial charge in [-0.1, -0.05) is 17.7 Å². The van der Waals surface area contributed by atoms with E-state index in [1.54, 1.807) is 0 Å². The first-order valence-electron chi connectivity index (χ1n) is 6.14. The number of nitrogens with zero attached hydrogens (tertiary/aromatic N) is 5. The van der Waals surface area contributed by atoms with Crippen molar-refractivity contribution in [3.8, 4) is 6.07 Å². The van der Waals surface area contributed by atoms with E-state index in [-0.39, 0.29) is 5.82 Å². The lowest BCUT2D eigenvalue weighted by Crippen LogP contribution is -2.02. The van der Waals surface area contributed by atoms with Crippen LogP contribution in [0.15, 0.2) is 30.3 Å². The van der Waals surface area contributed by atoms with Crippen LogP contribution in [0.25, 0.3) is 5.78 Å². The summed E-state index contributed by atoms with van der Waals surface area (Å²) in [5.41, 5.74) is 2.94. The second kappa shape index (κ2) is 4.63. The predicted molar refractivity (Wildman–Crippen MR) is 74.7 cm³/mol. The second-order valence-electron chi connectivity index (χ2n) is 4.53. The molecule has 0 radical (unpaired) electrons. The smallest absolute Gasteiger partial charge is 0.255 e. The third-order valence-electron chi connectivity index (χ3n) is 2.86. The van der Waals surface area contributed by atoms with Crippen LogP contribution in [0.5, 0.6) is 0 Å².